The van der Waals surface area contributed by atoms with Crippen LogP contribution >= 0.6 is 0 Å². The number of hydrogen-bond acceptors (Lipinski definition) is 5. The van der Waals surface area contributed by atoms with Gasteiger partial charge in [-0.3, -0.25) is 14.3 Å². The van der Waals surface area contributed by atoms with Gasteiger partial charge in [0.25, 0.3) is 5.56 Å². The highest BCUT2D eigenvalue weighted by Crippen LogP contribution is 2.35. The smallest absolute Gasteiger partial charge is 0.330 e. The molecule has 0 radical (unpaired) electrons. The Bertz CT molecular complexity index is 523. The second-order valence-corrected chi connectivity index (χ2v) is 4.33. The van der Waals surface area contributed by atoms with Gasteiger partial charge in [-0.2, -0.15) is 0 Å². The van der Waals surface area contributed by atoms with E-state index in [2.05, 4.69) is 4.98 Å². The van der Waals surface area contributed by atoms with E-state index in [4.69, 9.17) is 9.84 Å². The third kappa shape index (κ3) is 2.12. The van der Waals surface area contributed by atoms with Crippen molar-refractivity contribution in [2.45, 2.75) is 31.8 Å². The maximum absolute atomic E-state index is 11.7. The van der Waals surface area contributed by atoms with Crippen molar-refractivity contribution in [1.29, 1.82) is 0 Å². The molecule has 0 aromatic carbocycles. The lowest BCUT2D eigenvalue weighted by Crippen LogP contribution is -2.34. The van der Waals surface area contributed by atoms with E-state index in [1.807, 2.05) is 6.92 Å². The molecule has 7 heteroatoms. The first-order valence-corrected chi connectivity index (χ1v) is 5.84. The van der Waals surface area contributed by atoms with Crippen molar-refractivity contribution in [3.05, 3.63) is 33.1 Å². The van der Waals surface area contributed by atoms with Crippen LogP contribution in [-0.2, 0) is 4.74 Å². The molecule has 1 aromatic heterocycles. The second kappa shape index (κ2) is 5.05. The fraction of sp³-hybridized carbons (Fsp3) is 0.636. The Morgan fingerprint density at radius 2 is 2.22 bits per heavy atom. The summed E-state index contributed by atoms with van der Waals surface area (Å²) in [6.07, 6.45) is -0.288. The van der Waals surface area contributed by atoms with Gasteiger partial charge in [-0.15, -0.1) is 0 Å². The van der Waals surface area contributed by atoms with Crippen LogP contribution in [0.15, 0.2) is 21.9 Å². The summed E-state index contributed by atoms with van der Waals surface area (Å²) in [6.45, 7) is 1.55. The maximum atomic E-state index is 11.7. The molecule has 7 nitrogen and oxygen atoms in total. The molecule has 3 N–H and O–H groups in total. The normalized spacial score (nSPS) is 31.7. The number of ether oxygens (including phenoxy) is 1. The number of aliphatic hydroxyl groups excluding tert-OH is 2. The summed E-state index contributed by atoms with van der Waals surface area (Å²) in [6, 6.07) is 1.22. The summed E-state index contributed by atoms with van der Waals surface area (Å²) in [5, 5.41) is 19.1. The minimum Gasteiger partial charge on any atom is -0.394 e. The minimum atomic E-state index is -0.830. The lowest BCUT2D eigenvalue weighted by molar-refractivity contribution is -0.0482. The topological polar surface area (TPSA) is 105 Å². The molecule has 0 aliphatic carbocycles. The number of hydrogen-bond donors (Lipinski definition) is 3. The predicted molar refractivity (Wildman–Crippen MR) is 62.1 cm³/mol. The zero-order chi connectivity index (χ0) is 13.3. The van der Waals surface area contributed by atoms with Gasteiger partial charge in [-0.25, -0.2) is 4.79 Å². The molecule has 0 saturated carbocycles. The Labute approximate surface area is 103 Å². The van der Waals surface area contributed by atoms with Gasteiger partial charge in [-0.1, -0.05) is 6.92 Å². The van der Waals surface area contributed by atoms with E-state index in [-0.39, 0.29) is 12.5 Å². The lowest BCUT2D eigenvalue weighted by atomic mass is 9.97. The molecule has 2 heterocycles. The van der Waals surface area contributed by atoms with Crippen LogP contribution < -0.4 is 11.2 Å². The largest absolute Gasteiger partial charge is 0.394 e. The van der Waals surface area contributed by atoms with Crippen LogP contribution in [0.3, 0.4) is 0 Å². The van der Waals surface area contributed by atoms with Gasteiger partial charge in [0, 0.05) is 18.2 Å². The summed E-state index contributed by atoms with van der Waals surface area (Å²) in [5.41, 5.74) is -1.07. The van der Waals surface area contributed by atoms with Crippen molar-refractivity contribution >= 4 is 0 Å². The van der Waals surface area contributed by atoms with E-state index in [1.54, 1.807) is 0 Å². The van der Waals surface area contributed by atoms with Crippen molar-refractivity contribution < 1.29 is 14.9 Å². The molecule has 0 amide bonds. The summed E-state index contributed by atoms with van der Waals surface area (Å²) in [5.74, 6) is -0.300. The first-order valence-electron chi connectivity index (χ1n) is 5.84. The van der Waals surface area contributed by atoms with Crippen molar-refractivity contribution in [1.82, 2.24) is 9.55 Å². The molecular formula is C11H16N2O5. The summed E-state index contributed by atoms with van der Waals surface area (Å²) in [7, 11) is 0. The molecule has 1 aliphatic rings. The van der Waals surface area contributed by atoms with Crippen LogP contribution in [0.25, 0.3) is 0 Å². The zero-order valence-electron chi connectivity index (χ0n) is 9.94. The number of nitrogens with one attached hydrogen (secondary N) is 1. The molecule has 1 aromatic rings. The van der Waals surface area contributed by atoms with Crippen LogP contribution in [0, 0.1) is 5.92 Å². The van der Waals surface area contributed by atoms with Gasteiger partial charge < -0.3 is 14.9 Å². The first kappa shape index (κ1) is 13.0. The van der Waals surface area contributed by atoms with E-state index < -0.39 is 29.7 Å². The highest BCUT2D eigenvalue weighted by Gasteiger charge is 2.43. The number of aromatic amines is 1. The molecule has 0 bridgehead atoms. The molecule has 1 fully saturated rings. The number of rotatable bonds is 3. The Balaban J connectivity index is 2.38. The summed E-state index contributed by atoms with van der Waals surface area (Å²) >= 11 is 0. The quantitative estimate of drug-likeness (QED) is 0.631. The Morgan fingerprint density at radius 3 is 2.78 bits per heavy atom. The number of aromatic nitrogens is 2. The van der Waals surface area contributed by atoms with Gasteiger partial charge in [0.2, 0.25) is 0 Å². The van der Waals surface area contributed by atoms with E-state index >= 15 is 0 Å². The van der Waals surface area contributed by atoms with Crippen molar-refractivity contribution in [2.75, 3.05) is 6.61 Å². The summed E-state index contributed by atoms with van der Waals surface area (Å²) < 4.78 is 6.70. The molecular weight excluding hydrogens is 240 g/mol. The van der Waals surface area contributed by atoms with E-state index in [1.165, 1.54) is 16.8 Å². The SMILES string of the molecule is CC[C@@H]1C(n2ccc(=O)[nH]c2=O)O[C@H](CO)[C@H]1O. The van der Waals surface area contributed by atoms with Crippen LogP contribution in [0.1, 0.15) is 19.6 Å². The third-order valence-electron chi connectivity index (χ3n) is 3.28. The average molecular weight is 256 g/mol. The van der Waals surface area contributed by atoms with E-state index in [0.717, 1.165) is 0 Å². The van der Waals surface area contributed by atoms with Crippen LogP contribution in [0.4, 0.5) is 0 Å². The van der Waals surface area contributed by atoms with Gasteiger partial charge in [0.15, 0.2) is 0 Å². The highest BCUT2D eigenvalue weighted by atomic mass is 16.5. The Kier molecular flexibility index (Phi) is 3.65. The van der Waals surface area contributed by atoms with Crippen molar-refractivity contribution in [3.8, 4) is 0 Å². The molecule has 18 heavy (non-hydrogen) atoms. The molecule has 1 aliphatic heterocycles. The number of aliphatic hydroxyl groups is 2. The van der Waals surface area contributed by atoms with Crippen LogP contribution in [0.5, 0.6) is 0 Å². The third-order valence-corrected chi connectivity index (χ3v) is 3.28. The fourth-order valence-corrected chi connectivity index (χ4v) is 2.30. The summed E-state index contributed by atoms with van der Waals surface area (Å²) in [4.78, 5) is 24.8. The minimum absolute atomic E-state index is 0.300. The van der Waals surface area contributed by atoms with Gasteiger partial charge >= 0.3 is 5.69 Å². The molecule has 0 spiro atoms. The Hall–Kier alpha value is -1.44. The zero-order valence-corrected chi connectivity index (χ0v) is 9.94. The predicted octanol–water partition coefficient (Wildman–Crippen LogP) is -1.19. The standard InChI is InChI=1S/C11H16N2O5/c1-2-6-9(16)7(5-14)18-10(6)13-4-3-8(15)12-11(13)17/h3-4,6-7,9-10,14,16H,2,5H2,1H3,(H,12,15,17)/t6-,7+,9-,10?/m0/s1. The van der Waals surface area contributed by atoms with Crippen LogP contribution in [0.2, 0.25) is 0 Å². The van der Waals surface area contributed by atoms with Crippen LogP contribution in [-0.4, -0.2) is 38.6 Å². The average Bonchev–Trinajstić information content (AvgIpc) is 2.65. The molecule has 1 unspecified atom stereocenters. The van der Waals surface area contributed by atoms with Crippen molar-refractivity contribution in [3.63, 3.8) is 0 Å². The van der Waals surface area contributed by atoms with Gasteiger partial charge in [-0.05, 0) is 6.42 Å². The molecule has 1 saturated heterocycles. The lowest BCUT2D eigenvalue weighted by Gasteiger charge is -2.19. The maximum Gasteiger partial charge on any atom is 0.330 e. The fourth-order valence-electron chi connectivity index (χ4n) is 2.30. The molecule has 2 rings (SSSR count). The van der Waals surface area contributed by atoms with E-state index in [0.29, 0.717) is 6.42 Å². The Morgan fingerprint density at radius 1 is 1.50 bits per heavy atom. The second-order valence-electron chi connectivity index (χ2n) is 4.33. The number of H-pyrrole nitrogens is 1. The number of nitrogens with zero attached hydrogens (tertiary/aromatic N) is 1. The van der Waals surface area contributed by atoms with Crippen molar-refractivity contribution in [2.24, 2.45) is 5.92 Å². The van der Waals surface area contributed by atoms with Gasteiger partial charge in [0.1, 0.15) is 12.3 Å². The van der Waals surface area contributed by atoms with E-state index in [9.17, 15) is 14.7 Å². The first-order chi connectivity index (χ1) is 8.58. The molecule has 100 valence electrons. The molecule has 4 atom stereocenters. The monoisotopic (exact) mass is 256 g/mol. The highest BCUT2D eigenvalue weighted by molar-refractivity contribution is 4.92. The van der Waals surface area contributed by atoms with Gasteiger partial charge in [0.05, 0.1) is 12.7 Å².